The molecule has 0 aliphatic carbocycles. The van der Waals surface area contributed by atoms with Gasteiger partial charge in [0.1, 0.15) is 5.82 Å². The van der Waals surface area contributed by atoms with Gasteiger partial charge in [0.05, 0.1) is 6.04 Å². The van der Waals surface area contributed by atoms with Crippen molar-refractivity contribution in [3.05, 3.63) is 71.0 Å². The van der Waals surface area contributed by atoms with Gasteiger partial charge in [-0.25, -0.2) is 14.0 Å². The average molecular weight is 385 g/mol. The molecule has 1 heterocycles. The standard InChI is InChI=1S/C16H14FNO2.C2HF3O2/c17-13-7-5-12(6-8-13)15-14-4-2-1-3-11(14)9-10-18(15)16(19)20;3-2(4,5)1(6)7/h1-8,15H,9-10H2,(H,19,20);(H,6,7)/t15-;/m0./s1. The Morgan fingerprint density at radius 1 is 1.00 bits per heavy atom. The molecule has 2 N–H and O–H groups in total. The summed E-state index contributed by atoms with van der Waals surface area (Å²) in [5, 5.41) is 16.5. The van der Waals surface area contributed by atoms with Gasteiger partial charge in [0.2, 0.25) is 0 Å². The number of benzene rings is 2. The first-order valence-corrected chi connectivity index (χ1v) is 7.74. The molecule has 1 aliphatic heterocycles. The Morgan fingerprint density at radius 3 is 2.07 bits per heavy atom. The van der Waals surface area contributed by atoms with Crippen LogP contribution in [0.1, 0.15) is 22.7 Å². The smallest absolute Gasteiger partial charge is 0.475 e. The summed E-state index contributed by atoms with van der Waals surface area (Å²) in [6, 6.07) is 13.5. The van der Waals surface area contributed by atoms with Crippen molar-refractivity contribution in [2.75, 3.05) is 6.54 Å². The minimum atomic E-state index is -5.08. The summed E-state index contributed by atoms with van der Waals surface area (Å²) in [5.41, 5.74) is 2.92. The molecule has 27 heavy (non-hydrogen) atoms. The first kappa shape index (κ1) is 20.2. The molecule has 3 rings (SSSR count). The Kier molecular flexibility index (Phi) is 6.04. The number of nitrogens with zero attached hydrogens (tertiary/aromatic N) is 1. The zero-order valence-corrected chi connectivity index (χ0v) is 13.8. The summed E-state index contributed by atoms with van der Waals surface area (Å²) in [4.78, 5) is 21.8. The Balaban J connectivity index is 0.000000321. The van der Waals surface area contributed by atoms with Crippen molar-refractivity contribution in [2.45, 2.75) is 18.6 Å². The molecule has 5 nitrogen and oxygen atoms in total. The lowest BCUT2D eigenvalue weighted by atomic mass is 9.88. The molecule has 9 heteroatoms. The lowest BCUT2D eigenvalue weighted by molar-refractivity contribution is -0.192. The maximum atomic E-state index is 13.1. The number of fused-ring (bicyclic) bond motifs is 1. The van der Waals surface area contributed by atoms with Gasteiger partial charge in [0, 0.05) is 6.54 Å². The molecule has 1 amide bonds. The second-order valence-corrected chi connectivity index (χ2v) is 5.68. The van der Waals surface area contributed by atoms with Gasteiger partial charge in [-0.1, -0.05) is 36.4 Å². The van der Waals surface area contributed by atoms with E-state index in [1.807, 2.05) is 24.3 Å². The maximum Gasteiger partial charge on any atom is 0.490 e. The number of carboxylic acid groups (broad SMARTS) is 2. The van der Waals surface area contributed by atoms with E-state index in [1.165, 1.54) is 17.0 Å². The zero-order chi connectivity index (χ0) is 20.2. The Morgan fingerprint density at radius 2 is 1.56 bits per heavy atom. The first-order valence-electron chi connectivity index (χ1n) is 7.74. The summed E-state index contributed by atoms with van der Waals surface area (Å²) in [7, 11) is 0. The normalized spacial score (nSPS) is 16.0. The quantitative estimate of drug-likeness (QED) is 0.725. The van der Waals surface area contributed by atoms with Crippen LogP contribution in [0.2, 0.25) is 0 Å². The molecule has 1 atom stereocenters. The second-order valence-electron chi connectivity index (χ2n) is 5.68. The van der Waals surface area contributed by atoms with Crippen LogP contribution in [0.15, 0.2) is 48.5 Å². The lowest BCUT2D eigenvalue weighted by Crippen LogP contribution is -2.39. The molecular formula is C18H15F4NO4. The lowest BCUT2D eigenvalue weighted by Gasteiger charge is -2.35. The fraction of sp³-hybridized carbons (Fsp3) is 0.222. The van der Waals surface area contributed by atoms with Gasteiger partial charge >= 0.3 is 18.2 Å². The van der Waals surface area contributed by atoms with Crippen molar-refractivity contribution >= 4 is 12.1 Å². The number of carbonyl (C=O) groups is 2. The van der Waals surface area contributed by atoms with E-state index in [0.717, 1.165) is 16.7 Å². The van der Waals surface area contributed by atoms with Crippen molar-refractivity contribution in [3.63, 3.8) is 0 Å². The number of hydrogen-bond donors (Lipinski definition) is 2. The molecule has 0 saturated heterocycles. The fourth-order valence-corrected chi connectivity index (χ4v) is 2.78. The third-order valence-corrected chi connectivity index (χ3v) is 3.96. The first-order chi connectivity index (χ1) is 12.6. The van der Waals surface area contributed by atoms with Crippen LogP contribution in [0.4, 0.5) is 22.4 Å². The molecule has 0 radical (unpaired) electrons. The van der Waals surface area contributed by atoms with Gasteiger partial charge < -0.3 is 10.2 Å². The highest BCUT2D eigenvalue weighted by Crippen LogP contribution is 2.35. The fourth-order valence-electron chi connectivity index (χ4n) is 2.78. The van der Waals surface area contributed by atoms with E-state index < -0.39 is 18.2 Å². The van der Waals surface area contributed by atoms with Crippen LogP contribution in [-0.4, -0.2) is 39.9 Å². The van der Waals surface area contributed by atoms with Crippen LogP contribution in [0, 0.1) is 5.82 Å². The largest absolute Gasteiger partial charge is 0.490 e. The van der Waals surface area contributed by atoms with E-state index in [0.29, 0.717) is 13.0 Å². The number of alkyl halides is 3. The van der Waals surface area contributed by atoms with E-state index in [9.17, 15) is 27.5 Å². The molecule has 0 fully saturated rings. The van der Waals surface area contributed by atoms with E-state index in [2.05, 4.69) is 0 Å². The van der Waals surface area contributed by atoms with Crippen LogP contribution in [-0.2, 0) is 11.2 Å². The summed E-state index contributed by atoms with van der Waals surface area (Å²) < 4.78 is 44.8. The van der Waals surface area contributed by atoms with Gasteiger partial charge in [-0.2, -0.15) is 13.2 Å². The number of rotatable bonds is 1. The van der Waals surface area contributed by atoms with Crippen molar-refractivity contribution in [1.29, 1.82) is 0 Å². The van der Waals surface area contributed by atoms with E-state index in [-0.39, 0.29) is 11.9 Å². The van der Waals surface area contributed by atoms with Gasteiger partial charge in [0.25, 0.3) is 0 Å². The molecule has 0 unspecified atom stereocenters. The highest BCUT2D eigenvalue weighted by Gasteiger charge is 2.38. The number of amides is 1. The Bertz CT molecular complexity index is 821. The average Bonchev–Trinajstić information content (AvgIpc) is 2.61. The monoisotopic (exact) mass is 385 g/mol. The molecule has 0 saturated carbocycles. The number of aliphatic carboxylic acids is 1. The molecule has 0 bridgehead atoms. The van der Waals surface area contributed by atoms with Crippen LogP contribution < -0.4 is 0 Å². The molecule has 2 aromatic rings. The van der Waals surface area contributed by atoms with E-state index >= 15 is 0 Å². The minimum Gasteiger partial charge on any atom is -0.475 e. The van der Waals surface area contributed by atoms with E-state index in [1.54, 1.807) is 12.1 Å². The van der Waals surface area contributed by atoms with Crippen LogP contribution in [0.3, 0.4) is 0 Å². The second kappa shape index (κ2) is 8.07. The predicted molar refractivity (Wildman–Crippen MR) is 86.8 cm³/mol. The third-order valence-electron chi connectivity index (χ3n) is 3.96. The molecule has 1 aliphatic rings. The molecule has 144 valence electrons. The number of halogens is 4. The number of carboxylic acids is 1. The summed E-state index contributed by atoms with van der Waals surface area (Å²) in [6.07, 6.45) is -5.32. The van der Waals surface area contributed by atoms with Crippen molar-refractivity contribution in [1.82, 2.24) is 4.90 Å². The highest BCUT2D eigenvalue weighted by molar-refractivity contribution is 5.73. The van der Waals surface area contributed by atoms with Crippen LogP contribution in [0.25, 0.3) is 0 Å². The molecule has 2 aromatic carbocycles. The Hall–Kier alpha value is -3.10. The molecular weight excluding hydrogens is 370 g/mol. The van der Waals surface area contributed by atoms with Crippen LogP contribution >= 0.6 is 0 Å². The van der Waals surface area contributed by atoms with Crippen LogP contribution in [0.5, 0.6) is 0 Å². The Labute approximate surface area is 151 Å². The van der Waals surface area contributed by atoms with Gasteiger partial charge in [0.15, 0.2) is 0 Å². The van der Waals surface area contributed by atoms with Gasteiger partial charge in [-0.05, 0) is 35.2 Å². The van der Waals surface area contributed by atoms with Crippen molar-refractivity contribution < 1.29 is 37.4 Å². The third kappa shape index (κ3) is 4.96. The maximum absolute atomic E-state index is 13.1. The topological polar surface area (TPSA) is 77.8 Å². The number of hydrogen-bond acceptors (Lipinski definition) is 2. The summed E-state index contributed by atoms with van der Waals surface area (Å²) in [6.45, 7) is 0.453. The van der Waals surface area contributed by atoms with Crippen molar-refractivity contribution in [2.24, 2.45) is 0 Å². The zero-order valence-electron chi connectivity index (χ0n) is 13.8. The van der Waals surface area contributed by atoms with Gasteiger partial charge in [-0.15, -0.1) is 0 Å². The summed E-state index contributed by atoms with van der Waals surface area (Å²) >= 11 is 0. The van der Waals surface area contributed by atoms with E-state index in [4.69, 9.17) is 9.90 Å². The minimum absolute atomic E-state index is 0.320. The highest BCUT2D eigenvalue weighted by atomic mass is 19.4. The van der Waals surface area contributed by atoms with Crippen molar-refractivity contribution in [3.8, 4) is 0 Å². The molecule has 0 aromatic heterocycles. The summed E-state index contributed by atoms with van der Waals surface area (Å²) in [5.74, 6) is -3.08. The SMILES string of the molecule is O=C(O)C(F)(F)F.O=C(O)N1CCc2ccccc2[C@@H]1c1ccc(F)cc1. The molecule has 0 spiro atoms. The predicted octanol–water partition coefficient (Wildman–Crippen LogP) is 4.08. The van der Waals surface area contributed by atoms with Gasteiger partial charge in [-0.3, -0.25) is 4.90 Å².